The van der Waals surface area contributed by atoms with Crippen LogP contribution in [-0.4, -0.2) is 49.5 Å². The lowest BCUT2D eigenvalue weighted by molar-refractivity contribution is -0.124. The number of aliphatic hydroxyl groups excluding tert-OH is 1. The number of amides is 5. The highest BCUT2D eigenvalue weighted by molar-refractivity contribution is 8.05. The summed E-state index contributed by atoms with van der Waals surface area (Å²) in [6.07, 6.45) is 1.55. The van der Waals surface area contributed by atoms with Crippen LogP contribution in [0.5, 0.6) is 0 Å². The molecule has 1 fully saturated rings. The van der Waals surface area contributed by atoms with Crippen LogP contribution in [0, 0.1) is 6.92 Å². The number of nitrogens with one attached hydrogen (secondary N) is 4. The molecule has 4 rings (SSSR count). The van der Waals surface area contributed by atoms with E-state index in [-0.39, 0.29) is 19.0 Å². The molecule has 1 atom stereocenters. The smallest absolute Gasteiger partial charge is 0.324 e. The highest BCUT2D eigenvalue weighted by Gasteiger charge is 2.56. The number of hydrogen-bond acceptors (Lipinski definition) is 8. The van der Waals surface area contributed by atoms with Crippen LogP contribution in [-0.2, 0) is 11.3 Å². The van der Waals surface area contributed by atoms with Gasteiger partial charge in [-0.2, -0.15) is 0 Å². The molecule has 5 amide bonds. The Balaban J connectivity index is 1.62. The van der Waals surface area contributed by atoms with E-state index < -0.39 is 23.0 Å². The summed E-state index contributed by atoms with van der Waals surface area (Å²) in [7, 11) is 0. The largest absolute Gasteiger partial charge is 0.391 e. The molecule has 2 aliphatic rings. The fourth-order valence-corrected chi connectivity index (χ4v) is 4.72. The van der Waals surface area contributed by atoms with E-state index in [0.717, 1.165) is 11.8 Å². The summed E-state index contributed by atoms with van der Waals surface area (Å²) in [6, 6.07) is 7.83. The number of aryl methyl sites for hydroxylation is 1. The topological polar surface area (TPSA) is 149 Å². The lowest BCUT2D eigenvalue weighted by atomic mass is 10.2. The van der Waals surface area contributed by atoms with E-state index in [9.17, 15) is 19.5 Å². The van der Waals surface area contributed by atoms with Gasteiger partial charge in [-0.1, -0.05) is 30.0 Å². The minimum Gasteiger partial charge on any atom is -0.391 e. The maximum atomic E-state index is 12.7. The maximum absolute atomic E-state index is 12.7. The number of anilines is 2. The van der Waals surface area contributed by atoms with Gasteiger partial charge in [-0.3, -0.25) is 20.7 Å². The molecule has 166 valence electrons. The van der Waals surface area contributed by atoms with Gasteiger partial charge in [-0.05, 0) is 26.0 Å². The summed E-state index contributed by atoms with van der Waals surface area (Å²) in [5, 5.41) is 20.1. The van der Waals surface area contributed by atoms with Gasteiger partial charge in [0.25, 0.3) is 5.91 Å². The van der Waals surface area contributed by atoms with E-state index in [4.69, 9.17) is 0 Å². The summed E-state index contributed by atoms with van der Waals surface area (Å²) in [6.45, 7) is 3.25. The van der Waals surface area contributed by atoms with E-state index in [1.54, 1.807) is 49.2 Å². The summed E-state index contributed by atoms with van der Waals surface area (Å²) >= 11 is 1.06. The number of thioether (sulfide) groups is 1. The summed E-state index contributed by atoms with van der Waals surface area (Å²) in [5.41, 5.74) is 1.75. The zero-order chi connectivity index (χ0) is 22.9. The van der Waals surface area contributed by atoms with Crippen LogP contribution in [0.15, 0.2) is 47.1 Å². The van der Waals surface area contributed by atoms with Gasteiger partial charge in [0.2, 0.25) is 4.99 Å². The molecular formula is C20H21N7O4S. The molecule has 12 heteroatoms. The predicted octanol–water partition coefficient (Wildman–Crippen LogP) is 1.69. The predicted molar refractivity (Wildman–Crippen MR) is 118 cm³/mol. The molecule has 0 aliphatic carbocycles. The number of allylic oxidation sites excluding steroid dienone is 1. The first-order chi connectivity index (χ1) is 15.3. The van der Waals surface area contributed by atoms with Crippen molar-refractivity contribution >= 4 is 41.2 Å². The van der Waals surface area contributed by atoms with E-state index in [2.05, 4.69) is 31.2 Å². The Labute approximate surface area is 187 Å². The molecule has 3 heterocycles. The Morgan fingerprint density at radius 2 is 1.97 bits per heavy atom. The van der Waals surface area contributed by atoms with E-state index in [0.29, 0.717) is 27.7 Å². The molecule has 2 aliphatic heterocycles. The van der Waals surface area contributed by atoms with Crippen molar-refractivity contribution in [2.45, 2.75) is 25.4 Å². The Kier molecular flexibility index (Phi) is 5.72. The van der Waals surface area contributed by atoms with Gasteiger partial charge in [-0.25, -0.2) is 19.6 Å². The number of aliphatic hydroxyl groups is 1. The first kappa shape index (κ1) is 21.6. The number of hydrogen-bond donors (Lipinski definition) is 5. The van der Waals surface area contributed by atoms with Crippen molar-refractivity contribution in [1.82, 2.24) is 25.5 Å². The number of aromatic nitrogens is 2. The zero-order valence-electron chi connectivity index (χ0n) is 17.3. The van der Waals surface area contributed by atoms with Crippen LogP contribution >= 0.6 is 11.8 Å². The Morgan fingerprint density at radius 1 is 1.22 bits per heavy atom. The number of carbonyl (C=O) groups is 3. The van der Waals surface area contributed by atoms with Crippen molar-refractivity contribution in [3.63, 3.8) is 0 Å². The fourth-order valence-electron chi connectivity index (χ4n) is 3.44. The second-order valence-electron chi connectivity index (χ2n) is 7.14. The Hall–Kier alpha value is -3.64. The van der Waals surface area contributed by atoms with E-state index in [1.807, 2.05) is 6.07 Å². The van der Waals surface area contributed by atoms with Crippen molar-refractivity contribution in [1.29, 1.82) is 0 Å². The van der Waals surface area contributed by atoms with E-state index in [1.165, 1.54) is 0 Å². The third-order valence-electron chi connectivity index (χ3n) is 5.00. The number of nitrogens with zero attached hydrogens (tertiary/aromatic N) is 3. The van der Waals surface area contributed by atoms with Gasteiger partial charge in [0.05, 0.1) is 13.2 Å². The summed E-state index contributed by atoms with van der Waals surface area (Å²) < 4.78 is 0. The van der Waals surface area contributed by atoms with Gasteiger partial charge in [0.1, 0.15) is 11.6 Å². The Bertz CT molecular complexity index is 1120. The molecule has 1 spiro atoms. The molecule has 0 radical (unpaired) electrons. The molecular weight excluding hydrogens is 434 g/mol. The number of para-hydroxylation sites is 1. The van der Waals surface area contributed by atoms with Gasteiger partial charge >= 0.3 is 12.1 Å². The first-order valence-corrected chi connectivity index (χ1v) is 10.5. The van der Waals surface area contributed by atoms with Crippen molar-refractivity contribution in [3.8, 4) is 0 Å². The average Bonchev–Trinajstić information content (AvgIpc) is 3.19. The number of urea groups is 2. The van der Waals surface area contributed by atoms with Crippen molar-refractivity contribution < 1.29 is 19.5 Å². The van der Waals surface area contributed by atoms with Crippen LogP contribution in [0.1, 0.15) is 18.3 Å². The first-order valence-electron chi connectivity index (χ1n) is 9.69. The van der Waals surface area contributed by atoms with Crippen LogP contribution in [0.25, 0.3) is 0 Å². The lowest BCUT2D eigenvalue weighted by Gasteiger charge is -2.34. The molecule has 1 saturated heterocycles. The van der Waals surface area contributed by atoms with Gasteiger partial charge in [0, 0.05) is 28.0 Å². The molecule has 0 saturated carbocycles. The molecule has 11 nitrogen and oxygen atoms in total. The molecule has 1 aromatic heterocycles. The Morgan fingerprint density at radius 3 is 2.62 bits per heavy atom. The quantitative estimate of drug-likeness (QED) is 0.428. The minimum atomic E-state index is -1.44. The number of carbonyl (C=O) groups excluding carboxylic acids is 3. The van der Waals surface area contributed by atoms with Crippen LogP contribution in [0.3, 0.4) is 0 Å². The van der Waals surface area contributed by atoms with Gasteiger partial charge in [-0.15, -0.1) is 0 Å². The highest BCUT2D eigenvalue weighted by atomic mass is 32.2. The molecule has 1 aromatic carbocycles. The normalized spacial score (nSPS) is 19.9. The van der Waals surface area contributed by atoms with Crippen molar-refractivity contribution in [2.24, 2.45) is 0 Å². The highest BCUT2D eigenvalue weighted by Crippen LogP contribution is 2.47. The van der Waals surface area contributed by atoms with Crippen LogP contribution in [0.4, 0.5) is 21.1 Å². The molecule has 0 bridgehead atoms. The zero-order valence-corrected chi connectivity index (χ0v) is 18.1. The fraction of sp³-hybridized carbons (Fsp3) is 0.250. The monoisotopic (exact) mass is 455 g/mol. The van der Waals surface area contributed by atoms with E-state index >= 15 is 0 Å². The van der Waals surface area contributed by atoms with Crippen LogP contribution in [0.2, 0.25) is 0 Å². The number of rotatable bonds is 5. The number of imide groups is 1. The molecule has 32 heavy (non-hydrogen) atoms. The SMILES string of the molecule is CC1=C(CO)SC2(NC(=O)NC2=O)N1Cc1cnc(C)nc1NC(=O)Nc1ccccc1. The average molecular weight is 456 g/mol. The molecule has 5 N–H and O–H groups in total. The van der Waals surface area contributed by atoms with Crippen molar-refractivity contribution in [3.05, 3.63) is 58.5 Å². The second kappa shape index (κ2) is 8.48. The second-order valence-corrected chi connectivity index (χ2v) is 8.43. The minimum absolute atomic E-state index is 0.0945. The third-order valence-corrected chi connectivity index (χ3v) is 6.47. The standard InChI is InChI=1S/C20H21N7O4S/c1-11-15(10-28)32-20(17(29)25-19(31)26-20)27(11)9-13-8-21-12(2)22-16(13)24-18(30)23-14-6-4-3-5-7-14/h3-8,28H,9-10H2,1-2H3,(H2,25,26,29,31)(H2,21,22,23,24,30). The third kappa shape index (κ3) is 3.97. The maximum Gasteiger partial charge on any atom is 0.324 e. The van der Waals surface area contributed by atoms with Gasteiger partial charge < -0.3 is 15.3 Å². The van der Waals surface area contributed by atoms with Crippen LogP contribution < -0.4 is 21.3 Å². The summed E-state index contributed by atoms with van der Waals surface area (Å²) in [4.78, 5) is 46.4. The van der Waals surface area contributed by atoms with Gasteiger partial charge in [0.15, 0.2) is 0 Å². The molecule has 1 unspecified atom stereocenters. The molecule has 2 aromatic rings. The summed E-state index contributed by atoms with van der Waals surface area (Å²) in [5.74, 6) is 0.171. The lowest BCUT2D eigenvalue weighted by Crippen LogP contribution is -2.54. The number of benzene rings is 1. The van der Waals surface area contributed by atoms with Crippen molar-refractivity contribution in [2.75, 3.05) is 17.2 Å².